The van der Waals surface area contributed by atoms with Crippen molar-refractivity contribution in [3.8, 4) is 45.1 Å². The Bertz CT molecular complexity index is 1400. The zero-order valence-electron chi connectivity index (χ0n) is 18.3. The van der Waals surface area contributed by atoms with E-state index in [4.69, 9.17) is 0 Å². The first-order valence-corrected chi connectivity index (χ1v) is 10.9. The molecule has 1 aromatic heterocycles. The Balaban J connectivity index is 1.87. The zero-order valence-corrected chi connectivity index (χ0v) is 18.3. The molecule has 0 amide bonds. The number of carbonyl (C=O) groups is 1. The van der Waals surface area contributed by atoms with Gasteiger partial charge in [-0.05, 0) is 41.5 Å². The van der Waals surface area contributed by atoms with Gasteiger partial charge in [0.2, 0.25) is 17.1 Å². The smallest absolute Gasteiger partial charge is 0.339 e. The van der Waals surface area contributed by atoms with Gasteiger partial charge in [-0.3, -0.25) is 0 Å². The summed E-state index contributed by atoms with van der Waals surface area (Å²) in [7, 11) is 0. The van der Waals surface area contributed by atoms with Crippen molar-refractivity contribution in [1.29, 1.82) is 0 Å². The SMILES string of the molecule is O=C(O)c1ccc(-[n+]2c(-c3ccccc3)cc(-c3ccccc3)cc2-c2ccccc2)cc1O. The van der Waals surface area contributed by atoms with Gasteiger partial charge in [0, 0.05) is 29.3 Å². The molecular formula is C30H22NO3+. The van der Waals surface area contributed by atoms with E-state index in [0.29, 0.717) is 5.69 Å². The van der Waals surface area contributed by atoms with Crippen molar-refractivity contribution in [2.24, 2.45) is 0 Å². The molecule has 0 radical (unpaired) electrons. The van der Waals surface area contributed by atoms with E-state index >= 15 is 0 Å². The fourth-order valence-corrected chi connectivity index (χ4v) is 4.15. The molecule has 34 heavy (non-hydrogen) atoms. The van der Waals surface area contributed by atoms with Crippen molar-refractivity contribution in [1.82, 2.24) is 0 Å². The van der Waals surface area contributed by atoms with Crippen LogP contribution in [0.3, 0.4) is 0 Å². The molecular weight excluding hydrogens is 422 g/mol. The van der Waals surface area contributed by atoms with Crippen molar-refractivity contribution < 1.29 is 19.6 Å². The van der Waals surface area contributed by atoms with Gasteiger partial charge in [0.25, 0.3) is 0 Å². The van der Waals surface area contributed by atoms with Gasteiger partial charge in [0.15, 0.2) is 0 Å². The molecule has 0 fully saturated rings. The number of hydrogen-bond acceptors (Lipinski definition) is 2. The highest BCUT2D eigenvalue weighted by Crippen LogP contribution is 2.31. The van der Waals surface area contributed by atoms with Crippen LogP contribution in [0.5, 0.6) is 5.75 Å². The molecule has 0 spiro atoms. The number of phenols is 1. The molecule has 0 atom stereocenters. The van der Waals surface area contributed by atoms with Crippen LogP contribution in [0.2, 0.25) is 0 Å². The molecule has 0 saturated heterocycles. The summed E-state index contributed by atoms with van der Waals surface area (Å²) in [6.45, 7) is 0. The van der Waals surface area contributed by atoms with E-state index in [1.165, 1.54) is 12.1 Å². The molecule has 2 N–H and O–H groups in total. The van der Waals surface area contributed by atoms with Crippen LogP contribution >= 0.6 is 0 Å². The normalized spacial score (nSPS) is 10.7. The molecule has 0 aliphatic rings. The quantitative estimate of drug-likeness (QED) is 0.310. The van der Waals surface area contributed by atoms with Crippen molar-refractivity contribution in [3.05, 3.63) is 127 Å². The maximum absolute atomic E-state index is 11.5. The third-order valence-corrected chi connectivity index (χ3v) is 5.78. The van der Waals surface area contributed by atoms with Gasteiger partial charge in [0.05, 0.1) is 6.07 Å². The first-order chi connectivity index (χ1) is 16.6. The van der Waals surface area contributed by atoms with Gasteiger partial charge >= 0.3 is 5.97 Å². The fourth-order valence-electron chi connectivity index (χ4n) is 4.15. The van der Waals surface area contributed by atoms with Gasteiger partial charge in [-0.25, -0.2) is 4.79 Å². The number of carboxylic acid groups (broad SMARTS) is 1. The third kappa shape index (κ3) is 4.05. The van der Waals surface area contributed by atoms with E-state index in [0.717, 1.165) is 33.6 Å². The molecule has 4 nitrogen and oxygen atoms in total. The Labute approximate surface area is 197 Å². The number of rotatable bonds is 5. The highest BCUT2D eigenvalue weighted by Gasteiger charge is 2.26. The van der Waals surface area contributed by atoms with E-state index in [2.05, 4.69) is 28.8 Å². The average Bonchev–Trinajstić information content (AvgIpc) is 2.89. The summed E-state index contributed by atoms with van der Waals surface area (Å²) in [4.78, 5) is 11.5. The Kier molecular flexibility index (Phi) is 5.63. The fraction of sp³-hybridized carbons (Fsp3) is 0. The van der Waals surface area contributed by atoms with Crippen LogP contribution in [-0.4, -0.2) is 16.2 Å². The van der Waals surface area contributed by atoms with E-state index in [1.54, 1.807) is 6.07 Å². The molecule has 5 aromatic rings. The summed E-state index contributed by atoms with van der Waals surface area (Å²) < 4.78 is 2.06. The lowest BCUT2D eigenvalue weighted by molar-refractivity contribution is -0.572. The third-order valence-electron chi connectivity index (χ3n) is 5.78. The Morgan fingerprint density at radius 3 is 1.47 bits per heavy atom. The first-order valence-electron chi connectivity index (χ1n) is 10.9. The lowest BCUT2D eigenvalue weighted by Crippen LogP contribution is -2.36. The predicted molar refractivity (Wildman–Crippen MR) is 133 cm³/mol. The largest absolute Gasteiger partial charge is 0.507 e. The zero-order chi connectivity index (χ0) is 23.5. The summed E-state index contributed by atoms with van der Waals surface area (Å²) in [6.07, 6.45) is 0. The second-order valence-corrected chi connectivity index (χ2v) is 7.95. The standard InChI is InChI=1S/C30H21NO3/c32-29-20-25(16-17-26(29)30(33)34)31-27(22-12-6-2-7-13-22)18-24(21-10-4-1-5-11-21)19-28(31)23-14-8-3-9-15-23/h1-20H,(H-,32,33,34)/p+1. The van der Waals surface area contributed by atoms with Crippen molar-refractivity contribution in [2.45, 2.75) is 0 Å². The minimum absolute atomic E-state index is 0.132. The summed E-state index contributed by atoms with van der Waals surface area (Å²) in [5, 5.41) is 19.9. The summed E-state index contributed by atoms with van der Waals surface area (Å²) in [6, 6.07) is 39.2. The van der Waals surface area contributed by atoms with Gasteiger partial charge < -0.3 is 10.2 Å². The highest BCUT2D eigenvalue weighted by molar-refractivity contribution is 5.91. The molecule has 1 heterocycles. The first kappa shape index (κ1) is 21.2. The molecule has 0 aliphatic carbocycles. The van der Waals surface area contributed by atoms with E-state index in [9.17, 15) is 15.0 Å². The number of aromatic nitrogens is 1. The van der Waals surface area contributed by atoms with Crippen LogP contribution in [0.4, 0.5) is 0 Å². The van der Waals surface area contributed by atoms with Crippen LogP contribution in [0.1, 0.15) is 10.4 Å². The molecule has 4 heteroatoms. The van der Waals surface area contributed by atoms with Crippen molar-refractivity contribution >= 4 is 5.97 Å². The maximum atomic E-state index is 11.5. The minimum atomic E-state index is -1.17. The number of benzene rings is 4. The Morgan fingerprint density at radius 2 is 1.03 bits per heavy atom. The number of nitrogens with zero attached hydrogens (tertiary/aromatic N) is 1. The van der Waals surface area contributed by atoms with Gasteiger partial charge in [-0.1, -0.05) is 66.7 Å². The molecule has 0 saturated carbocycles. The van der Waals surface area contributed by atoms with Crippen LogP contribution in [0.15, 0.2) is 121 Å². The molecule has 5 rings (SSSR count). The summed E-state index contributed by atoms with van der Waals surface area (Å²) in [5.41, 5.74) is 6.52. The van der Waals surface area contributed by atoms with Gasteiger partial charge in [0.1, 0.15) is 11.3 Å². The lowest BCUT2D eigenvalue weighted by atomic mass is 9.98. The van der Waals surface area contributed by atoms with Crippen LogP contribution in [0, 0.1) is 0 Å². The molecule has 0 bridgehead atoms. The number of aromatic carboxylic acids is 1. The van der Waals surface area contributed by atoms with Crippen LogP contribution in [-0.2, 0) is 0 Å². The van der Waals surface area contributed by atoms with Crippen LogP contribution in [0.25, 0.3) is 39.3 Å². The topological polar surface area (TPSA) is 61.4 Å². The second kappa shape index (κ2) is 9.04. The Hall–Kier alpha value is -4.70. The van der Waals surface area contributed by atoms with Crippen molar-refractivity contribution in [3.63, 3.8) is 0 Å². The predicted octanol–water partition coefficient (Wildman–Crippen LogP) is 6.37. The number of hydrogen-bond donors (Lipinski definition) is 2. The maximum Gasteiger partial charge on any atom is 0.339 e. The number of pyridine rings is 1. The molecule has 164 valence electrons. The molecule has 0 aliphatic heterocycles. The second-order valence-electron chi connectivity index (χ2n) is 7.95. The van der Waals surface area contributed by atoms with Gasteiger partial charge in [-0.15, -0.1) is 0 Å². The number of carboxylic acids is 1. The average molecular weight is 445 g/mol. The Morgan fingerprint density at radius 1 is 0.559 bits per heavy atom. The molecule has 4 aromatic carbocycles. The summed E-state index contributed by atoms with van der Waals surface area (Å²) in [5.74, 6) is -1.44. The van der Waals surface area contributed by atoms with Crippen LogP contribution < -0.4 is 4.57 Å². The number of aromatic hydroxyl groups is 1. The van der Waals surface area contributed by atoms with E-state index < -0.39 is 5.97 Å². The van der Waals surface area contributed by atoms with E-state index in [1.807, 2.05) is 78.9 Å². The van der Waals surface area contributed by atoms with E-state index in [-0.39, 0.29) is 11.3 Å². The monoisotopic (exact) mass is 444 g/mol. The molecule has 0 unspecified atom stereocenters. The minimum Gasteiger partial charge on any atom is -0.507 e. The van der Waals surface area contributed by atoms with Gasteiger partial charge in [-0.2, -0.15) is 4.57 Å². The summed E-state index contributed by atoms with van der Waals surface area (Å²) >= 11 is 0. The lowest BCUT2D eigenvalue weighted by Gasteiger charge is -2.13. The van der Waals surface area contributed by atoms with Crippen molar-refractivity contribution in [2.75, 3.05) is 0 Å². The highest BCUT2D eigenvalue weighted by atomic mass is 16.4.